The molecule has 0 N–H and O–H groups in total. The predicted molar refractivity (Wildman–Crippen MR) is 99.8 cm³/mol. The zero-order valence-electron chi connectivity index (χ0n) is 13.8. The Labute approximate surface area is 147 Å². The van der Waals surface area contributed by atoms with E-state index in [0.717, 1.165) is 16.1 Å². The molecule has 0 saturated carbocycles. The fourth-order valence-electron chi connectivity index (χ4n) is 2.25. The summed E-state index contributed by atoms with van der Waals surface area (Å²) in [6.45, 7) is 0.548. The topological polar surface area (TPSA) is 23.6 Å². The molecule has 0 aliphatic carbocycles. The Balaban J connectivity index is 2.13. The van der Waals surface area contributed by atoms with Crippen molar-refractivity contribution in [2.75, 3.05) is 32.3 Å². The molecule has 0 unspecified atom stereocenters. The highest BCUT2D eigenvalue weighted by atomic mass is 35.5. The lowest BCUT2D eigenvalue weighted by atomic mass is 10.1. The molecular formula is C18H21ClN2OS. The summed E-state index contributed by atoms with van der Waals surface area (Å²) in [6.07, 6.45) is 1.98. The lowest BCUT2D eigenvalue weighted by Crippen LogP contribution is -2.26. The molecule has 0 radical (unpaired) electrons. The molecule has 0 fully saturated rings. The molecule has 5 heteroatoms. The van der Waals surface area contributed by atoms with Crippen LogP contribution in [0.5, 0.6) is 0 Å². The van der Waals surface area contributed by atoms with Gasteiger partial charge in [0.2, 0.25) is 0 Å². The number of thioether (sulfide) groups is 1. The Morgan fingerprint density at radius 3 is 2.30 bits per heavy atom. The van der Waals surface area contributed by atoms with Gasteiger partial charge in [0.25, 0.3) is 5.91 Å². The van der Waals surface area contributed by atoms with E-state index in [4.69, 9.17) is 11.6 Å². The first-order valence-corrected chi connectivity index (χ1v) is 8.88. The second-order valence-corrected chi connectivity index (χ2v) is 6.85. The molecule has 122 valence electrons. The lowest BCUT2D eigenvalue weighted by Gasteiger charge is -2.19. The molecule has 0 atom stereocenters. The van der Waals surface area contributed by atoms with Gasteiger partial charge in [-0.1, -0.05) is 23.7 Å². The SMILES string of the molecule is CSc1ccc(Cl)c(C(=O)N(C)Cc2ccc(N(C)C)cc2)c1. The van der Waals surface area contributed by atoms with Crippen molar-refractivity contribution in [2.45, 2.75) is 11.4 Å². The smallest absolute Gasteiger partial charge is 0.255 e. The van der Waals surface area contributed by atoms with Crippen LogP contribution in [0.25, 0.3) is 0 Å². The summed E-state index contributed by atoms with van der Waals surface area (Å²) in [5.41, 5.74) is 2.77. The molecule has 23 heavy (non-hydrogen) atoms. The maximum Gasteiger partial charge on any atom is 0.255 e. The average Bonchev–Trinajstić information content (AvgIpc) is 2.55. The third-order valence-electron chi connectivity index (χ3n) is 3.62. The summed E-state index contributed by atoms with van der Waals surface area (Å²) >= 11 is 7.78. The van der Waals surface area contributed by atoms with Gasteiger partial charge < -0.3 is 9.80 Å². The normalized spacial score (nSPS) is 10.5. The van der Waals surface area contributed by atoms with E-state index in [9.17, 15) is 4.79 Å². The molecule has 3 nitrogen and oxygen atoms in total. The Morgan fingerprint density at radius 2 is 1.74 bits per heavy atom. The first kappa shape index (κ1) is 17.7. The number of nitrogens with zero attached hydrogens (tertiary/aromatic N) is 2. The van der Waals surface area contributed by atoms with Gasteiger partial charge in [0.15, 0.2) is 0 Å². The summed E-state index contributed by atoms with van der Waals surface area (Å²) < 4.78 is 0. The van der Waals surface area contributed by atoms with E-state index < -0.39 is 0 Å². The quantitative estimate of drug-likeness (QED) is 0.748. The van der Waals surface area contributed by atoms with Crippen molar-refractivity contribution in [3.8, 4) is 0 Å². The number of amides is 1. The van der Waals surface area contributed by atoms with Crippen LogP contribution in [0.1, 0.15) is 15.9 Å². The number of anilines is 1. The van der Waals surface area contributed by atoms with Crippen LogP contribution in [0.4, 0.5) is 5.69 Å². The van der Waals surface area contributed by atoms with Gasteiger partial charge in [-0.2, -0.15) is 0 Å². The second-order valence-electron chi connectivity index (χ2n) is 5.57. The molecule has 0 bridgehead atoms. The van der Waals surface area contributed by atoms with Crippen LogP contribution in [0.2, 0.25) is 5.02 Å². The summed E-state index contributed by atoms with van der Waals surface area (Å²) in [4.78, 5) is 17.4. The standard InChI is InChI=1S/C18H21ClN2OS/c1-20(2)14-7-5-13(6-8-14)12-21(3)18(22)16-11-15(23-4)9-10-17(16)19/h5-11H,12H2,1-4H3. The number of hydrogen-bond acceptors (Lipinski definition) is 3. The largest absolute Gasteiger partial charge is 0.378 e. The van der Waals surface area contributed by atoms with Gasteiger partial charge in [0, 0.05) is 38.3 Å². The summed E-state index contributed by atoms with van der Waals surface area (Å²) in [7, 11) is 5.81. The maximum atomic E-state index is 12.6. The van der Waals surface area contributed by atoms with Crippen LogP contribution in [0.3, 0.4) is 0 Å². The van der Waals surface area contributed by atoms with E-state index >= 15 is 0 Å². The van der Waals surface area contributed by atoms with Gasteiger partial charge in [-0.3, -0.25) is 4.79 Å². The Kier molecular flexibility index (Phi) is 5.97. The first-order valence-electron chi connectivity index (χ1n) is 7.27. The Hall–Kier alpha value is -1.65. The molecule has 2 aromatic rings. The highest BCUT2D eigenvalue weighted by Gasteiger charge is 2.16. The number of carbonyl (C=O) groups is 1. The van der Waals surface area contributed by atoms with Crippen LogP contribution in [-0.2, 0) is 6.54 Å². The van der Waals surface area contributed by atoms with Crippen LogP contribution >= 0.6 is 23.4 Å². The second kappa shape index (κ2) is 7.75. The van der Waals surface area contributed by atoms with Gasteiger partial charge in [0.1, 0.15) is 0 Å². The van der Waals surface area contributed by atoms with Crippen molar-refractivity contribution in [2.24, 2.45) is 0 Å². The molecule has 0 saturated heterocycles. The molecule has 0 aliphatic heterocycles. The minimum absolute atomic E-state index is 0.0670. The van der Waals surface area contributed by atoms with Crippen molar-refractivity contribution in [1.82, 2.24) is 4.90 Å². The molecule has 0 heterocycles. The van der Waals surface area contributed by atoms with Gasteiger partial charge in [-0.15, -0.1) is 11.8 Å². The van der Waals surface area contributed by atoms with Crippen molar-refractivity contribution in [3.05, 3.63) is 58.6 Å². The lowest BCUT2D eigenvalue weighted by molar-refractivity contribution is 0.0785. The van der Waals surface area contributed by atoms with E-state index in [1.165, 1.54) is 0 Å². The van der Waals surface area contributed by atoms with E-state index in [1.54, 1.807) is 29.8 Å². The highest BCUT2D eigenvalue weighted by Crippen LogP contribution is 2.24. The maximum absolute atomic E-state index is 12.6. The fraction of sp³-hybridized carbons (Fsp3) is 0.278. The molecule has 0 aromatic heterocycles. The number of rotatable bonds is 5. The molecule has 1 amide bonds. The monoisotopic (exact) mass is 348 g/mol. The van der Waals surface area contributed by atoms with Crippen LogP contribution in [-0.4, -0.2) is 38.2 Å². The highest BCUT2D eigenvalue weighted by molar-refractivity contribution is 7.98. The zero-order chi connectivity index (χ0) is 17.0. The van der Waals surface area contributed by atoms with Gasteiger partial charge in [0.05, 0.1) is 10.6 Å². The third kappa shape index (κ3) is 4.43. The number of benzene rings is 2. The average molecular weight is 349 g/mol. The fourth-order valence-corrected chi connectivity index (χ4v) is 2.88. The van der Waals surface area contributed by atoms with Crippen molar-refractivity contribution < 1.29 is 4.79 Å². The minimum Gasteiger partial charge on any atom is -0.378 e. The zero-order valence-corrected chi connectivity index (χ0v) is 15.4. The Morgan fingerprint density at radius 1 is 1.09 bits per heavy atom. The Bertz CT molecular complexity index is 686. The molecule has 2 rings (SSSR count). The summed E-state index contributed by atoms with van der Waals surface area (Å²) in [6, 6.07) is 13.7. The van der Waals surface area contributed by atoms with E-state index in [2.05, 4.69) is 12.1 Å². The minimum atomic E-state index is -0.0670. The van der Waals surface area contributed by atoms with Gasteiger partial charge >= 0.3 is 0 Å². The van der Waals surface area contributed by atoms with Crippen LogP contribution in [0, 0.1) is 0 Å². The van der Waals surface area contributed by atoms with E-state index in [1.807, 2.05) is 49.5 Å². The van der Waals surface area contributed by atoms with Crippen LogP contribution in [0.15, 0.2) is 47.4 Å². The van der Waals surface area contributed by atoms with E-state index in [0.29, 0.717) is 17.1 Å². The molecule has 2 aromatic carbocycles. The third-order valence-corrected chi connectivity index (χ3v) is 4.68. The number of carbonyl (C=O) groups excluding carboxylic acids is 1. The molecular weight excluding hydrogens is 328 g/mol. The van der Waals surface area contributed by atoms with Gasteiger partial charge in [-0.05, 0) is 42.2 Å². The predicted octanol–water partition coefficient (Wildman–Crippen LogP) is 4.40. The van der Waals surface area contributed by atoms with Crippen LogP contribution < -0.4 is 4.90 Å². The molecule has 0 spiro atoms. The molecule has 0 aliphatic rings. The van der Waals surface area contributed by atoms with Crippen molar-refractivity contribution >= 4 is 35.0 Å². The first-order chi connectivity index (χ1) is 10.9. The summed E-state index contributed by atoms with van der Waals surface area (Å²) in [5.74, 6) is -0.0670. The van der Waals surface area contributed by atoms with E-state index in [-0.39, 0.29) is 5.91 Å². The number of halogens is 1. The number of hydrogen-bond donors (Lipinski definition) is 0. The summed E-state index contributed by atoms with van der Waals surface area (Å²) in [5, 5.41) is 0.489. The van der Waals surface area contributed by atoms with Crippen molar-refractivity contribution in [3.63, 3.8) is 0 Å². The van der Waals surface area contributed by atoms with Crippen molar-refractivity contribution in [1.29, 1.82) is 0 Å². The van der Waals surface area contributed by atoms with Gasteiger partial charge in [-0.25, -0.2) is 0 Å².